The van der Waals surface area contributed by atoms with Gasteiger partial charge in [-0.25, -0.2) is 9.37 Å². The van der Waals surface area contributed by atoms with Gasteiger partial charge >= 0.3 is 0 Å². The molecule has 0 saturated carbocycles. The Labute approximate surface area is 296 Å². The number of amides is 1. The first-order valence-corrected chi connectivity index (χ1v) is 17.1. The van der Waals surface area contributed by atoms with Crippen molar-refractivity contribution in [3.05, 3.63) is 109 Å². The topological polar surface area (TPSA) is 95.0 Å². The van der Waals surface area contributed by atoms with Crippen LogP contribution in [-0.2, 0) is 0 Å². The highest BCUT2D eigenvalue weighted by atomic mass is 19.1. The molecule has 1 saturated heterocycles. The molecule has 0 spiro atoms. The van der Waals surface area contributed by atoms with Gasteiger partial charge in [-0.15, -0.1) is 0 Å². The number of benzene rings is 4. The summed E-state index contributed by atoms with van der Waals surface area (Å²) in [6.45, 7) is 3.87. The summed E-state index contributed by atoms with van der Waals surface area (Å²) in [5.74, 6) is 1.16. The second kappa shape index (κ2) is 15.4. The predicted octanol–water partition coefficient (Wildman–Crippen LogP) is 8.91. The number of anilines is 1. The van der Waals surface area contributed by atoms with E-state index in [0.29, 0.717) is 62.7 Å². The maximum atomic E-state index is 15.6. The Kier molecular flexibility index (Phi) is 10.2. The molecule has 2 aromatic heterocycles. The Morgan fingerprint density at radius 2 is 1.67 bits per heavy atom. The summed E-state index contributed by atoms with van der Waals surface area (Å²) in [7, 11) is 3.18. The molecule has 0 radical (unpaired) electrons. The first-order valence-electron chi connectivity index (χ1n) is 17.1. The van der Waals surface area contributed by atoms with Crippen LogP contribution < -0.4 is 24.3 Å². The molecule has 51 heavy (non-hydrogen) atoms. The fourth-order valence-electron chi connectivity index (χ4n) is 6.41. The summed E-state index contributed by atoms with van der Waals surface area (Å²) < 4.78 is 38.8. The minimum atomic E-state index is -0.643. The van der Waals surface area contributed by atoms with Gasteiger partial charge in [-0.3, -0.25) is 9.78 Å². The van der Waals surface area contributed by atoms with Crippen molar-refractivity contribution in [2.75, 3.05) is 45.8 Å². The monoisotopic (exact) mass is 686 g/mol. The molecule has 1 N–H and O–H groups in total. The van der Waals surface area contributed by atoms with Crippen molar-refractivity contribution in [1.82, 2.24) is 14.9 Å². The number of hydrogen-bond acceptors (Lipinski definition) is 8. The lowest BCUT2D eigenvalue weighted by Crippen LogP contribution is -2.31. The highest BCUT2D eigenvalue weighted by molar-refractivity contribution is 6.13. The van der Waals surface area contributed by atoms with Gasteiger partial charge in [-0.2, -0.15) is 0 Å². The SMILES string of the molecule is COc1cccc(-c2cc(C(=O)Nc3ccc(Oc4ccnc5cc(OCCCN6CCCCC6)c(OC)cc45)c(F)c3)c3ccccc3n2)c1. The predicted molar refractivity (Wildman–Crippen MR) is 197 cm³/mol. The average molecular weight is 687 g/mol. The lowest BCUT2D eigenvalue weighted by molar-refractivity contribution is 0.102. The number of pyridine rings is 2. The molecular weight excluding hydrogens is 647 g/mol. The van der Waals surface area contributed by atoms with Crippen molar-refractivity contribution in [2.45, 2.75) is 25.7 Å². The molecule has 3 heterocycles. The van der Waals surface area contributed by atoms with E-state index in [1.165, 1.54) is 31.4 Å². The molecule has 260 valence electrons. The zero-order chi connectivity index (χ0) is 35.2. The minimum Gasteiger partial charge on any atom is -0.497 e. The van der Waals surface area contributed by atoms with Crippen LogP contribution >= 0.6 is 0 Å². The number of halogens is 1. The lowest BCUT2D eigenvalue weighted by Gasteiger charge is -2.26. The molecule has 0 aliphatic carbocycles. The van der Waals surface area contributed by atoms with Crippen molar-refractivity contribution < 1.29 is 28.1 Å². The van der Waals surface area contributed by atoms with Crippen LogP contribution in [0.3, 0.4) is 0 Å². The van der Waals surface area contributed by atoms with Gasteiger partial charge in [-0.1, -0.05) is 36.8 Å². The number of nitrogens with one attached hydrogen (secondary N) is 1. The maximum Gasteiger partial charge on any atom is 0.256 e. The normalized spacial score (nSPS) is 13.2. The van der Waals surface area contributed by atoms with Crippen LogP contribution in [0.1, 0.15) is 36.0 Å². The Bertz CT molecular complexity index is 2190. The molecule has 1 aliphatic heterocycles. The van der Waals surface area contributed by atoms with Gasteiger partial charge in [0.15, 0.2) is 23.1 Å². The summed E-state index contributed by atoms with van der Waals surface area (Å²) in [4.78, 5) is 25.4. The van der Waals surface area contributed by atoms with Crippen molar-refractivity contribution in [1.29, 1.82) is 0 Å². The van der Waals surface area contributed by atoms with E-state index in [1.807, 2.05) is 54.6 Å². The molecule has 4 aromatic carbocycles. The summed E-state index contributed by atoms with van der Waals surface area (Å²) in [6.07, 6.45) is 6.36. The largest absolute Gasteiger partial charge is 0.497 e. The van der Waals surface area contributed by atoms with Crippen LogP contribution in [0.25, 0.3) is 33.1 Å². The number of fused-ring (bicyclic) bond motifs is 2. The first kappa shape index (κ1) is 33.7. The van der Waals surface area contributed by atoms with E-state index in [1.54, 1.807) is 44.7 Å². The first-order chi connectivity index (χ1) is 25.0. The smallest absolute Gasteiger partial charge is 0.256 e. The van der Waals surface area contributed by atoms with Crippen LogP contribution in [0.5, 0.6) is 28.7 Å². The number of methoxy groups -OCH3 is 2. The van der Waals surface area contributed by atoms with E-state index in [0.717, 1.165) is 31.6 Å². The van der Waals surface area contributed by atoms with Gasteiger partial charge in [0.1, 0.15) is 11.5 Å². The number of ether oxygens (including phenoxy) is 4. The number of aromatic nitrogens is 2. The van der Waals surface area contributed by atoms with Gasteiger partial charge in [-0.05, 0) is 80.9 Å². The third-order valence-electron chi connectivity index (χ3n) is 9.05. The minimum absolute atomic E-state index is 0.00724. The molecule has 0 atom stereocenters. The van der Waals surface area contributed by atoms with Gasteiger partial charge < -0.3 is 29.2 Å². The van der Waals surface area contributed by atoms with Crippen LogP contribution in [0.2, 0.25) is 0 Å². The molecule has 10 heteroatoms. The number of likely N-dealkylation sites (tertiary alicyclic amines) is 1. The maximum absolute atomic E-state index is 15.6. The molecule has 1 fully saturated rings. The number of piperidine rings is 1. The van der Waals surface area contributed by atoms with Gasteiger partial charge in [0, 0.05) is 46.9 Å². The Morgan fingerprint density at radius 1 is 0.804 bits per heavy atom. The van der Waals surface area contributed by atoms with Crippen molar-refractivity contribution in [3.8, 4) is 40.0 Å². The van der Waals surface area contributed by atoms with Crippen LogP contribution in [0.4, 0.5) is 10.1 Å². The molecule has 1 aliphatic rings. The summed E-state index contributed by atoms with van der Waals surface area (Å²) in [5, 5.41) is 4.16. The molecule has 0 unspecified atom stereocenters. The molecule has 0 bridgehead atoms. The second-order valence-corrected chi connectivity index (χ2v) is 12.4. The van der Waals surface area contributed by atoms with E-state index in [4.69, 9.17) is 23.9 Å². The third-order valence-corrected chi connectivity index (χ3v) is 9.05. The van der Waals surface area contributed by atoms with Crippen molar-refractivity contribution in [3.63, 3.8) is 0 Å². The van der Waals surface area contributed by atoms with E-state index in [-0.39, 0.29) is 11.4 Å². The summed E-state index contributed by atoms with van der Waals surface area (Å²) >= 11 is 0. The number of carbonyl (C=O) groups is 1. The number of hydrogen-bond donors (Lipinski definition) is 1. The van der Waals surface area contributed by atoms with Crippen molar-refractivity contribution >= 4 is 33.4 Å². The van der Waals surface area contributed by atoms with Crippen molar-refractivity contribution in [2.24, 2.45) is 0 Å². The fourth-order valence-corrected chi connectivity index (χ4v) is 6.41. The number of para-hydroxylation sites is 1. The molecule has 6 aromatic rings. The molecular formula is C41H39FN4O5. The standard InChI is InChI=1S/C41H39FN4O5/c1-48-29-11-8-10-27(22-29)35-24-31(30-12-4-5-13-34(30)45-35)41(47)44-28-14-15-38(33(42)23-28)51-37-16-17-43-36-26-40(39(49-2)25-32(36)37)50-21-9-20-46-18-6-3-7-19-46/h4-5,8,10-17,22-26H,3,6-7,9,18-21H2,1-2H3,(H,44,47). The highest BCUT2D eigenvalue weighted by Gasteiger charge is 2.18. The van der Waals surface area contributed by atoms with Crippen LogP contribution in [0, 0.1) is 5.82 Å². The number of rotatable bonds is 12. The zero-order valence-corrected chi connectivity index (χ0v) is 28.7. The average Bonchev–Trinajstić information content (AvgIpc) is 3.17. The van der Waals surface area contributed by atoms with Gasteiger partial charge in [0.05, 0.1) is 43.1 Å². The Balaban J connectivity index is 1.07. The van der Waals surface area contributed by atoms with E-state index in [2.05, 4.69) is 15.2 Å². The van der Waals surface area contributed by atoms with Gasteiger partial charge in [0.25, 0.3) is 5.91 Å². The van der Waals surface area contributed by atoms with Crippen LogP contribution in [0.15, 0.2) is 97.2 Å². The molecule has 7 rings (SSSR count). The quantitative estimate of drug-likeness (QED) is 0.128. The summed E-state index contributed by atoms with van der Waals surface area (Å²) in [6, 6.07) is 26.2. The van der Waals surface area contributed by atoms with Gasteiger partial charge in [0.2, 0.25) is 0 Å². The molecule has 1 amide bonds. The fraction of sp³-hybridized carbons (Fsp3) is 0.244. The zero-order valence-electron chi connectivity index (χ0n) is 28.7. The Morgan fingerprint density at radius 3 is 2.49 bits per heavy atom. The van der Waals surface area contributed by atoms with Crippen LogP contribution in [-0.4, -0.2) is 61.2 Å². The Hall–Kier alpha value is -5.74. The number of carbonyl (C=O) groups excluding carboxylic acids is 1. The highest BCUT2D eigenvalue weighted by Crippen LogP contribution is 2.38. The second-order valence-electron chi connectivity index (χ2n) is 12.4. The lowest BCUT2D eigenvalue weighted by atomic mass is 10.0. The van der Waals surface area contributed by atoms with E-state index < -0.39 is 11.7 Å². The van der Waals surface area contributed by atoms with E-state index >= 15 is 4.39 Å². The summed E-state index contributed by atoms with van der Waals surface area (Å²) in [5.41, 5.74) is 3.38. The number of nitrogens with zero attached hydrogens (tertiary/aromatic N) is 3. The van der Waals surface area contributed by atoms with E-state index in [9.17, 15) is 4.79 Å². The molecule has 9 nitrogen and oxygen atoms in total. The third kappa shape index (κ3) is 7.71.